The van der Waals surface area contributed by atoms with Crippen molar-refractivity contribution in [2.75, 3.05) is 38.5 Å². The summed E-state index contributed by atoms with van der Waals surface area (Å²) in [4.78, 5) is 17.8. The third-order valence-electron chi connectivity index (χ3n) is 2.98. The van der Waals surface area contributed by atoms with Gasteiger partial charge in [-0.05, 0) is 19.2 Å². The molecule has 2 N–H and O–H groups in total. The van der Waals surface area contributed by atoms with E-state index in [2.05, 4.69) is 34.4 Å². The smallest absolute Gasteiger partial charge is 0.254 e. The second kappa shape index (κ2) is 7.68. The molecule has 5 nitrogen and oxygen atoms in total. The second-order valence-electron chi connectivity index (χ2n) is 4.05. The standard InChI is InChI=1S/C13H21FN4O/c1-4-18(5-2)9-8-17-13(19)10-6-7-16-12(15-3)11(10)14/h6-7H,4-5,8-9H2,1-3H3,(H,15,16)(H,17,19). The zero-order chi connectivity index (χ0) is 14.3. The average Bonchev–Trinajstić information content (AvgIpc) is 2.43. The van der Waals surface area contributed by atoms with E-state index >= 15 is 0 Å². The van der Waals surface area contributed by atoms with Gasteiger partial charge in [-0.25, -0.2) is 9.37 Å². The minimum absolute atomic E-state index is 0.0129. The molecule has 0 aliphatic heterocycles. The van der Waals surface area contributed by atoms with E-state index in [-0.39, 0.29) is 11.4 Å². The Labute approximate surface area is 113 Å². The van der Waals surface area contributed by atoms with Crippen molar-refractivity contribution in [3.63, 3.8) is 0 Å². The molecule has 0 bridgehead atoms. The zero-order valence-corrected chi connectivity index (χ0v) is 11.7. The van der Waals surface area contributed by atoms with Gasteiger partial charge in [-0.15, -0.1) is 0 Å². The molecule has 0 unspecified atom stereocenters. The molecule has 106 valence electrons. The summed E-state index contributed by atoms with van der Waals surface area (Å²) in [6.07, 6.45) is 1.41. The number of aromatic nitrogens is 1. The Hall–Kier alpha value is -1.69. The van der Waals surface area contributed by atoms with E-state index in [1.54, 1.807) is 7.05 Å². The predicted molar refractivity (Wildman–Crippen MR) is 73.9 cm³/mol. The fraction of sp³-hybridized carbons (Fsp3) is 0.538. The second-order valence-corrected chi connectivity index (χ2v) is 4.05. The Kier molecular flexibility index (Phi) is 6.21. The van der Waals surface area contributed by atoms with Gasteiger partial charge in [0.2, 0.25) is 0 Å². The number of hydrogen-bond donors (Lipinski definition) is 2. The number of rotatable bonds is 7. The number of amides is 1. The molecule has 1 amide bonds. The van der Waals surface area contributed by atoms with Crippen molar-refractivity contribution >= 4 is 11.7 Å². The molecule has 0 fully saturated rings. The Morgan fingerprint density at radius 3 is 2.68 bits per heavy atom. The van der Waals surface area contributed by atoms with Crippen LogP contribution in [0.1, 0.15) is 24.2 Å². The molecule has 0 radical (unpaired) electrons. The lowest BCUT2D eigenvalue weighted by Gasteiger charge is -2.18. The Morgan fingerprint density at radius 2 is 2.11 bits per heavy atom. The van der Waals surface area contributed by atoms with Gasteiger partial charge in [0, 0.05) is 26.3 Å². The van der Waals surface area contributed by atoms with Crippen molar-refractivity contribution in [2.24, 2.45) is 0 Å². The molecule has 1 aromatic rings. The van der Waals surface area contributed by atoms with E-state index in [0.29, 0.717) is 6.54 Å². The first-order chi connectivity index (χ1) is 9.13. The lowest BCUT2D eigenvalue weighted by Crippen LogP contribution is -2.35. The maximum atomic E-state index is 13.8. The number of likely N-dealkylation sites (N-methyl/N-ethyl adjacent to an activating group) is 1. The van der Waals surface area contributed by atoms with Crippen molar-refractivity contribution in [3.8, 4) is 0 Å². The topological polar surface area (TPSA) is 57.3 Å². The van der Waals surface area contributed by atoms with Gasteiger partial charge < -0.3 is 15.5 Å². The van der Waals surface area contributed by atoms with Crippen LogP contribution in [0.5, 0.6) is 0 Å². The van der Waals surface area contributed by atoms with Crippen LogP contribution in [0.25, 0.3) is 0 Å². The van der Waals surface area contributed by atoms with E-state index in [4.69, 9.17) is 0 Å². The van der Waals surface area contributed by atoms with E-state index in [9.17, 15) is 9.18 Å². The molecule has 0 aliphatic carbocycles. The molecule has 0 spiro atoms. The summed E-state index contributed by atoms with van der Waals surface area (Å²) in [5.41, 5.74) is 0.0129. The number of halogens is 1. The van der Waals surface area contributed by atoms with Crippen LogP contribution in [0, 0.1) is 5.82 Å². The molecule has 0 aromatic carbocycles. The zero-order valence-electron chi connectivity index (χ0n) is 11.7. The summed E-state index contributed by atoms with van der Waals surface area (Å²) in [5.74, 6) is -0.953. The average molecular weight is 268 g/mol. The summed E-state index contributed by atoms with van der Waals surface area (Å²) in [6.45, 7) is 7.24. The Balaban J connectivity index is 2.59. The van der Waals surface area contributed by atoms with Crippen molar-refractivity contribution in [2.45, 2.75) is 13.8 Å². The number of carbonyl (C=O) groups excluding carboxylic acids is 1. The molecular weight excluding hydrogens is 247 g/mol. The van der Waals surface area contributed by atoms with Crippen LogP contribution in [0.4, 0.5) is 10.2 Å². The highest BCUT2D eigenvalue weighted by atomic mass is 19.1. The molecule has 0 aliphatic rings. The van der Waals surface area contributed by atoms with Crippen LogP contribution in [0.15, 0.2) is 12.3 Å². The fourth-order valence-corrected chi connectivity index (χ4v) is 1.76. The first-order valence-corrected chi connectivity index (χ1v) is 6.46. The summed E-state index contributed by atoms with van der Waals surface area (Å²) in [6, 6.07) is 1.38. The number of anilines is 1. The van der Waals surface area contributed by atoms with E-state index in [0.717, 1.165) is 19.6 Å². The normalized spacial score (nSPS) is 10.6. The van der Waals surface area contributed by atoms with E-state index < -0.39 is 11.7 Å². The highest BCUT2D eigenvalue weighted by Gasteiger charge is 2.15. The monoisotopic (exact) mass is 268 g/mol. The van der Waals surface area contributed by atoms with Gasteiger partial charge in [-0.1, -0.05) is 13.8 Å². The number of hydrogen-bond acceptors (Lipinski definition) is 4. The van der Waals surface area contributed by atoms with Gasteiger partial charge in [0.05, 0.1) is 5.56 Å². The highest BCUT2D eigenvalue weighted by Crippen LogP contribution is 2.13. The fourth-order valence-electron chi connectivity index (χ4n) is 1.76. The maximum absolute atomic E-state index is 13.8. The van der Waals surface area contributed by atoms with Crippen LogP contribution < -0.4 is 10.6 Å². The van der Waals surface area contributed by atoms with Gasteiger partial charge in [0.1, 0.15) is 0 Å². The predicted octanol–water partition coefficient (Wildman–Crippen LogP) is 1.33. The lowest BCUT2D eigenvalue weighted by atomic mass is 10.2. The minimum Gasteiger partial charge on any atom is -0.371 e. The summed E-state index contributed by atoms with van der Waals surface area (Å²) >= 11 is 0. The van der Waals surface area contributed by atoms with Crippen LogP contribution in [-0.4, -0.2) is 49.0 Å². The first kappa shape index (κ1) is 15.4. The number of nitrogens with one attached hydrogen (secondary N) is 2. The molecule has 0 saturated heterocycles. The van der Waals surface area contributed by atoms with Gasteiger partial charge >= 0.3 is 0 Å². The van der Waals surface area contributed by atoms with E-state index in [1.165, 1.54) is 12.3 Å². The molecule has 19 heavy (non-hydrogen) atoms. The van der Waals surface area contributed by atoms with Gasteiger partial charge in [0.15, 0.2) is 11.6 Å². The molecule has 0 atom stereocenters. The number of pyridine rings is 1. The van der Waals surface area contributed by atoms with Gasteiger partial charge in [0.25, 0.3) is 5.91 Å². The van der Waals surface area contributed by atoms with Crippen LogP contribution in [-0.2, 0) is 0 Å². The van der Waals surface area contributed by atoms with Crippen molar-refractivity contribution in [1.29, 1.82) is 0 Å². The van der Waals surface area contributed by atoms with Gasteiger partial charge in [-0.2, -0.15) is 0 Å². The summed E-state index contributed by atoms with van der Waals surface area (Å²) < 4.78 is 13.8. The third-order valence-corrected chi connectivity index (χ3v) is 2.98. The Morgan fingerprint density at radius 1 is 1.42 bits per heavy atom. The van der Waals surface area contributed by atoms with Crippen molar-refractivity contribution < 1.29 is 9.18 Å². The maximum Gasteiger partial charge on any atom is 0.254 e. The number of nitrogens with zero attached hydrogens (tertiary/aromatic N) is 2. The van der Waals surface area contributed by atoms with Crippen molar-refractivity contribution in [1.82, 2.24) is 15.2 Å². The summed E-state index contributed by atoms with van der Waals surface area (Å²) in [5, 5.41) is 5.32. The van der Waals surface area contributed by atoms with Crippen molar-refractivity contribution in [3.05, 3.63) is 23.6 Å². The molecular formula is C13H21FN4O. The molecule has 6 heteroatoms. The molecule has 1 heterocycles. The molecule has 1 aromatic heterocycles. The van der Waals surface area contributed by atoms with Crippen LogP contribution >= 0.6 is 0 Å². The van der Waals surface area contributed by atoms with Gasteiger partial charge in [-0.3, -0.25) is 4.79 Å². The van der Waals surface area contributed by atoms with Crippen LogP contribution in [0.3, 0.4) is 0 Å². The SMILES string of the molecule is CCN(CC)CCNC(=O)c1ccnc(NC)c1F. The quantitative estimate of drug-likeness (QED) is 0.783. The number of carbonyl (C=O) groups is 1. The lowest BCUT2D eigenvalue weighted by molar-refractivity contribution is 0.0945. The minimum atomic E-state index is -0.620. The summed E-state index contributed by atoms with van der Waals surface area (Å²) in [7, 11) is 1.56. The van der Waals surface area contributed by atoms with Crippen LogP contribution in [0.2, 0.25) is 0 Å². The largest absolute Gasteiger partial charge is 0.371 e. The van der Waals surface area contributed by atoms with E-state index in [1.807, 2.05) is 0 Å². The molecule has 1 rings (SSSR count). The first-order valence-electron chi connectivity index (χ1n) is 6.46. The molecule has 0 saturated carbocycles. The highest BCUT2D eigenvalue weighted by molar-refractivity contribution is 5.95. The Bertz CT molecular complexity index is 421. The third kappa shape index (κ3) is 4.17.